The van der Waals surface area contributed by atoms with Crippen molar-refractivity contribution >= 4 is 152 Å². The smallest absolute Gasteiger partial charge is 0.166 e. The predicted molar refractivity (Wildman–Crippen MR) is 515 cm³/mol. The highest BCUT2D eigenvalue weighted by molar-refractivity contribution is 6.31. The van der Waals surface area contributed by atoms with Crippen LogP contribution in [0.3, 0.4) is 0 Å². The molecule has 0 saturated carbocycles. The number of rotatable bonds is 10. The van der Waals surface area contributed by atoms with Crippen LogP contribution in [0.1, 0.15) is 0 Å². The summed E-state index contributed by atoms with van der Waals surface area (Å²) in [6, 6.07) is 151. The molecule has 124 heavy (non-hydrogen) atoms. The van der Waals surface area contributed by atoms with Crippen molar-refractivity contribution in [3.63, 3.8) is 0 Å². The molecule has 0 saturated heterocycles. The first-order valence-corrected chi connectivity index (χ1v) is 42.1. The Kier molecular flexibility index (Phi) is 16.1. The molecular formula is C114H70N10. The summed E-state index contributed by atoms with van der Waals surface area (Å²) in [5, 5.41) is 24.5. The quantitative estimate of drug-likeness (QED) is 0.127. The molecule has 0 aliphatic heterocycles. The van der Waals surface area contributed by atoms with Gasteiger partial charge in [0, 0.05) is 93.5 Å². The first kappa shape index (κ1) is 70.2. The van der Waals surface area contributed by atoms with E-state index in [1.807, 2.05) is 97.1 Å². The first-order valence-electron chi connectivity index (χ1n) is 42.1. The van der Waals surface area contributed by atoms with Crippen molar-refractivity contribution < 1.29 is 0 Å². The predicted octanol–water partition coefficient (Wildman–Crippen LogP) is 29.1. The number of hydrogen-bond acceptors (Lipinski definition) is 6. The first-order chi connectivity index (χ1) is 61.5. The van der Waals surface area contributed by atoms with Gasteiger partial charge < -0.3 is 18.3 Å². The fourth-order valence-electron chi connectivity index (χ4n) is 19.7. The molecule has 0 N–H and O–H groups in total. The summed E-state index contributed by atoms with van der Waals surface area (Å²) in [4.78, 5) is 30.5. The Morgan fingerprint density at radius 1 is 0.145 bits per heavy atom. The van der Waals surface area contributed by atoms with Crippen LogP contribution < -0.4 is 0 Å². The van der Waals surface area contributed by atoms with E-state index in [0.29, 0.717) is 34.9 Å². The van der Waals surface area contributed by atoms with Gasteiger partial charge in [0.2, 0.25) is 0 Å². The Morgan fingerprint density at radius 3 is 0.847 bits per heavy atom. The van der Waals surface area contributed by atoms with Crippen LogP contribution >= 0.6 is 0 Å². The molecule has 0 aliphatic carbocycles. The lowest BCUT2D eigenvalue weighted by Gasteiger charge is -2.15. The van der Waals surface area contributed by atoms with Crippen molar-refractivity contribution in [1.29, 1.82) is 0 Å². The van der Waals surface area contributed by atoms with Crippen molar-refractivity contribution in [2.45, 2.75) is 0 Å². The third-order valence-corrected chi connectivity index (χ3v) is 25.1. The van der Waals surface area contributed by atoms with Crippen LogP contribution in [0.15, 0.2) is 425 Å². The minimum Gasteiger partial charge on any atom is -0.309 e. The molecule has 6 heterocycles. The van der Waals surface area contributed by atoms with Crippen LogP contribution in [0.25, 0.3) is 243 Å². The van der Waals surface area contributed by atoms with E-state index >= 15 is 0 Å². The Balaban J connectivity index is 0.000000136. The van der Waals surface area contributed by atoms with E-state index in [9.17, 15) is 0 Å². The Bertz CT molecular complexity index is 8690. The highest BCUT2D eigenvalue weighted by Gasteiger charge is 2.27. The number of nitrogens with zero attached hydrogens (tertiary/aromatic N) is 10. The minimum atomic E-state index is 0.616. The summed E-state index contributed by atoms with van der Waals surface area (Å²) in [5.41, 5.74) is 19.4. The van der Waals surface area contributed by atoms with Crippen LogP contribution in [0, 0.1) is 0 Å². The highest BCUT2D eigenvalue weighted by Crippen LogP contribution is 2.48. The summed E-state index contributed by atoms with van der Waals surface area (Å²) in [5.74, 6) is 3.83. The fourth-order valence-corrected chi connectivity index (χ4v) is 19.7. The Labute approximate surface area is 711 Å². The van der Waals surface area contributed by atoms with Crippen molar-refractivity contribution in [2.24, 2.45) is 0 Å². The molecule has 10 nitrogen and oxygen atoms in total. The second-order valence-corrected chi connectivity index (χ2v) is 31.9. The van der Waals surface area contributed by atoms with E-state index in [1.165, 1.54) is 135 Å². The molecule has 0 bridgehead atoms. The monoisotopic (exact) mass is 1580 g/mol. The molecule has 0 aliphatic rings. The Hall–Kier alpha value is -16.8. The van der Waals surface area contributed by atoms with Gasteiger partial charge in [-0.15, -0.1) is 0 Å². The lowest BCUT2D eigenvalue weighted by Crippen LogP contribution is -2.03. The molecule has 20 aromatic carbocycles. The average molecular weight is 1580 g/mol. The molecule has 26 aromatic rings. The van der Waals surface area contributed by atoms with Crippen LogP contribution in [0.5, 0.6) is 0 Å². The fraction of sp³-hybridized carbons (Fsp3) is 0. The van der Waals surface area contributed by atoms with Crippen molar-refractivity contribution in [3.05, 3.63) is 425 Å². The van der Waals surface area contributed by atoms with Crippen molar-refractivity contribution in [2.75, 3.05) is 0 Å². The molecular weight excluding hydrogens is 1510 g/mol. The molecule has 10 heteroatoms. The van der Waals surface area contributed by atoms with Gasteiger partial charge in [0.05, 0.1) is 49.8 Å². The van der Waals surface area contributed by atoms with Gasteiger partial charge in [-0.2, -0.15) is 0 Å². The largest absolute Gasteiger partial charge is 0.309 e. The second-order valence-electron chi connectivity index (χ2n) is 31.9. The maximum atomic E-state index is 5.19. The van der Waals surface area contributed by atoms with E-state index in [1.54, 1.807) is 0 Å². The Morgan fingerprint density at radius 2 is 0.427 bits per heavy atom. The highest BCUT2D eigenvalue weighted by atomic mass is 15.1. The van der Waals surface area contributed by atoms with E-state index in [0.717, 1.165) is 72.5 Å². The van der Waals surface area contributed by atoms with Crippen LogP contribution in [-0.4, -0.2) is 48.2 Å². The number of hydrogen-bond donors (Lipinski definition) is 0. The molecule has 0 fully saturated rings. The lowest BCUT2D eigenvalue weighted by atomic mass is 9.93. The van der Waals surface area contributed by atoms with Crippen LogP contribution in [-0.2, 0) is 0 Å². The molecule has 0 atom stereocenters. The lowest BCUT2D eigenvalue weighted by molar-refractivity contribution is 1.06. The molecule has 0 amide bonds. The molecule has 6 aromatic heterocycles. The van der Waals surface area contributed by atoms with Gasteiger partial charge in [0.1, 0.15) is 0 Å². The molecule has 0 spiro atoms. The zero-order valence-corrected chi connectivity index (χ0v) is 66.9. The number of benzene rings is 20. The summed E-state index contributed by atoms with van der Waals surface area (Å²) in [6.45, 7) is 0. The number of aromatic nitrogens is 10. The minimum absolute atomic E-state index is 0.616. The van der Waals surface area contributed by atoms with Crippen molar-refractivity contribution in [1.82, 2.24) is 48.2 Å². The van der Waals surface area contributed by atoms with Gasteiger partial charge in [0.25, 0.3) is 0 Å². The zero-order valence-electron chi connectivity index (χ0n) is 66.9. The molecule has 0 unspecified atom stereocenters. The van der Waals surface area contributed by atoms with E-state index in [-0.39, 0.29) is 0 Å². The van der Waals surface area contributed by atoms with Gasteiger partial charge in [-0.3, -0.25) is 0 Å². The SMILES string of the molecule is c1ccc(-c2nc(-c3ccccc3)nc(-c3ccc4c5ccc(-n6c7ccccc7c7ccc8c(c9ccccc9n8-c8ccccc8)c76)cc5c5ccccc5c4c3)n2)cc1.c1ccc(-c2nc(-c3ccccc3)nc(-c3ccccc3-n3c4ccccc4c4c3ccc3c5ccccc5n(-c5ccc6c7ccccc7c7ccccc7c6c5)c34)n2)cc1. The maximum Gasteiger partial charge on any atom is 0.166 e. The van der Waals surface area contributed by atoms with Gasteiger partial charge in [-0.1, -0.05) is 334 Å². The average Bonchev–Trinajstić information content (AvgIpc) is 1.53. The van der Waals surface area contributed by atoms with Crippen LogP contribution in [0.2, 0.25) is 0 Å². The molecule has 576 valence electrons. The summed E-state index contributed by atoms with van der Waals surface area (Å²) < 4.78 is 9.78. The van der Waals surface area contributed by atoms with E-state index in [4.69, 9.17) is 29.9 Å². The zero-order chi connectivity index (χ0) is 81.5. The normalized spacial score (nSPS) is 11.9. The number of para-hydroxylation sites is 6. The van der Waals surface area contributed by atoms with Crippen LogP contribution in [0.4, 0.5) is 0 Å². The molecule has 0 radical (unpaired) electrons. The molecule has 26 rings (SSSR count). The topological polar surface area (TPSA) is 97.1 Å². The number of fused-ring (bicyclic) bond motifs is 26. The maximum absolute atomic E-state index is 5.19. The van der Waals surface area contributed by atoms with E-state index < -0.39 is 0 Å². The van der Waals surface area contributed by atoms with E-state index in [2.05, 4.69) is 346 Å². The van der Waals surface area contributed by atoms with Crippen molar-refractivity contribution in [3.8, 4) is 91.1 Å². The third kappa shape index (κ3) is 11.1. The summed E-state index contributed by atoms with van der Waals surface area (Å²) in [6.07, 6.45) is 0. The van der Waals surface area contributed by atoms with Gasteiger partial charge in [0.15, 0.2) is 34.9 Å². The third-order valence-electron chi connectivity index (χ3n) is 25.1. The van der Waals surface area contributed by atoms with Gasteiger partial charge in [-0.05, 0) is 156 Å². The standard InChI is InChI=1S/2C57H35N5/c1-4-16-36(17-5-1)55-58-56(37-18-6-2-7-19-37)60-57(59-55)38-28-30-43-44-31-29-40(35-49(44)42-23-11-10-22-41(42)48(43)34-38)62-50-26-14-12-24-45(50)46-32-33-52-53(54(46)62)47-25-13-15-27-51(47)61(52)39-20-8-3-9-21-39;1-3-17-36(18-4-1)55-58-56(37-19-5-2-6-20-37)60-57(59-55)47-27-13-16-30-51(47)62-50-29-15-12-26-46(50)53-52(62)34-33-45-44-25-11-14-28-49(44)61(54(45)53)38-31-32-43-41-23-8-7-21-39(41)40-22-9-10-24-42(40)48(43)35-38/h2*1-35H. The second kappa shape index (κ2) is 28.5. The summed E-state index contributed by atoms with van der Waals surface area (Å²) >= 11 is 0. The van der Waals surface area contributed by atoms with Gasteiger partial charge in [-0.25, -0.2) is 29.9 Å². The summed E-state index contributed by atoms with van der Waals surface area (Å²) in [7, 11) is 0. The van der Waals surface area contributed by atoms with Gasteiger partial charge >= 0.3 is 0 Å².